The van der Waals surface area contributed by atoms with Gasteiger partial charge in [-0.2, -0.15) is 0 Å². The molecule has 2 rings (SSSR count). The van der Waals surface area contributed by atoms with Crippen LogP contribution in [0.5, 0.6) is 0 Å². The predicted octanol–water partition coefficient (Wildman–Crippen LogP) is 1.99. The maximum atomic E-state index is 5.93. The van der Waals surface area contributed by atoms with Gasteiger partial charge in [-0.15, -0.1) is 0 Å². The van der Waals surface area contributed by atoms with Crippen LogP contribution >= 0.6 is 0 Å². The first-order valence-electron chi connectivity index (χ1n) is 6.28. The summed E-state index contributed by atoms with van der Waals surface area (Å²) in [7, 11) is 0. The molecule has 0 aromatic heterocycles. The van der Waals surface area contributed by atoms with E-state index in [1.54, 1.807) is 0 Å². The third kappa shape index (κ3) is 1.96. The van der Waals surface area contributed by atoms with Crippen LogP contribution in [0.1, 0.15) is 45.4 Å². The summed E-state index contributed by atoms with van der Waals surface area (Å²) in [5.74, 6) is 0.900. The van der Waals surface area contributed by atoms with Crippen molar-refractivity contribution in [2.24, 2.45) is 11.7 Å². The molecule has 2 heteroatoms. The highest BCUT2D eigenvalue weighted by Crippen LogP contribution is 2.32. The molecule has 2 fully saturated rings. The van der Waals surface area contributed by atoms with Crippen LogP contribution in [0.15, 0.2) is 0 Å². The number of nitrogens with zero attached hydrogens (tertiary/aromatic N) is 1. The molecule has 2 aliphatic rings. The maximum absolute atomic E-state index is 5.93. The van der Waals surface area contributed by atoms with Gasteiger partial charge in [-0.05, 0) is 32.1 Å². The highest BCUT2D eigenvalue weighted by molar-refractivity contribution is 4.90. The quantitative estimate of drug-likeness (QED) is 0.748. The largest absolute Gasteiger partial charge is 0.329 e. The van der Waals surface area contributed by atoms with Gasteiger partial charge in [0.25, 0.3) is 0 Å². The van der Waals surface area contributed by atoms with Gasteiger partial charge in [0.05, 0.1) is 0 Å². The standard InChI is InChI=1S/C12H24N2/c1-10-7-8-14(10)12(9-13)11-5-3-2-4-6-11/h10-12H,2-9,13H2,1H3. The van der Waals surface area contributed by atoms with E-state index in [0.29, 0.717) is 6.04 Å². The average Bonchev–Trinajstić information content (AvgIpc) is 2.24. The summed E-state index contributed by atoms with van der Waals surface area (Å²) < 4.78 is 0. The van der Waals surface area contributed by atoms with Gasteiger partial charge in [0.15, 0.2) is 0 Å². The van der Waals surface area contributed by atoms with E-state index in [-0.39, 0.29) is 0 Å². The Morgan fingerprint density at radius 3 is 2.36 bits per heavy atom. The Hall–Kier alpha value is -0.0800. The second kappa shape index (κ2) is 4.63. The first kappa shape index (κ1) is 10.4. The molecule has 0 amide bonds. The molecule has 0 spiro atoms. The second-order valence-electron chi connectivity index (χ2n) is 5.08. The molecule has 0 aromatic carbocycles. The first-order valence-corrected chi connectivity index (χ1v) is 6.28. The summed E-state index contributed by atoms with van der Waals surface area (Å²) in [5.41, 5.74) is 5.93. The lowest BCUT2D eigenvalue weighted by Gasteiger charge is -2.48. The van der Waals surface area contributed by atoms with Gasteiger partial charge >= 0.3 is 0 Å². The van der Waals surface area contributed by atoms with Crippen LogP contribution in [0.25, 0.3) is 0 Å². The molecule has 2 nitrogen and oxygen atoms in total. The zero-order valence-corrected chi connectivity index (χ0v) is 9.41. The third-order valence-corrected chi connectivity index (χ3v) is 4.23. The van der Waals surface area contributed by atoms with E-state index in [4.69, 9.17) is 5.73 Å². The fourth-order valence-electron chi connectivity index (χ4n) is 3.15. The average molecular weight is 196 g/mol. The van der Waals surface area contributed by atoms with Crippen LogP contribution in [0, 0.1) is 5.92 Å². The van der Waals surface area contributed by atoms with Crippen molar-refractivity contribution in [2.75, 3.05) is 13.1 Å². The van der Waals surface area contributed by atoms with E-state index >= 15 is 0 Å². The van der Waals surface area contributed by atoms with E-state index in [1.165, 1.54) is 45.1 Å². The van der Waals surface area contributed by atoms with Crippen LogP contribution < -0.4 is 5.73 Å². The minimum absolute atomic E-state index is 0.694. The summed E-state index contributed by atoms with van der Waals surface area (Å²) in [6, 6.07) is 1.49. The van der Waals surface area contributed by atoms with Crippen LogP contribution in [0.2, 0.25) is 0 Å². The molecular formula is C12H24N2. The lowest BCUT2D eigenvalue weighted by Crippen LogP contribution is -2.57. The maximum Gasteiger partial charge on any atom is 0.0249 e. The summed E-state index contributed by atoms with van der Waals surface area (Å²) >= 11 is 0. The summed E-state index contributed by atoms with van der Waals surface area (Å²) in [5, 5.41) is 0. The van der Waals surface area contributed by atoms with Crippen LogP contribution in [0.3, 0.4) is 0 Å². The van der Waals surface area contributed by atoms with Gasteiger partial charge in [-0.1, -0.05) is 19.3 Å². The summed E-state index contributed by atoms with van der Waals surface area (Å²) in [4.78, 5) is 2.63. The lowest BCUT2D eigenvalue weighted by molar-refractivity contribution is 0.0176. The number of hydrogen-bond donors (Lipinski definition) is 1. The monoisotopic (exact) mass is 196 g/mol. The van der Waals surface area contributed by atoms with E-state index in [0.717, 1.165) is 18.5 Å². The predicted molar refractivity (Wildman–Crippen MR) is 60.2 cm³/mol. The number of nitrogens with two attached hydrogens (primary N) is 1. The van der Waals surface area contributed by atoms with Crippen LogP contribution in [-0.4, -0.2) is 30.1 Å². The minimum Gasteiger partial charge on any atom is -0.329 e. The Bertz CT molecular complexity index is 175. The second-order valence-corrected chi connectivity index (χ2v) is 5.08. The lowest BCUT2D eigenvalue weighted by atomic mass is 9.81. The molecule has 1 saturated heterocycles. The van der Waals surface area contributed by atoms with E-state index < -0.39 is 0 Å². The van der Waals surface area contributed by atoms with Crippen molar-refractivity contribution >= 4 is 0 Å². The summed E-state index contributed by atoms with van der Waals surface area (Å²) in [6.07, 6.45) is 8.54. The van der Waals surface area contributed by atoms with Crippen molar-refractivity contribution in [2.45, 2.75) is 57.5 Å². The van der Waals surface area contributed by atoms with E-state index in [2.05, 4.69) is 11.8 Å². The fourth-order valence-corrected chi connectivity index (χ4v) is 3.15. The molecule has 2 N–H and O–H groups in total. The van der Waals surface area contributed by atoms with Gasteiger partial charge in [-0.3, -0.25) is 4.90 Å². The zero-order valence-electron chi connectivity index (χ0n) is 9.41. The van der Waals surface area contributed by atoms with Gasteiger partial charge in [0, 0.05) is 25.2 Å². The molecule has 82 valence electrons. The Morgan fingerprint density at radius 2 is 1.93 bits per heavy atom. The van der Waals surface area contributed by atoms with Gasteiger partial charge in [-0.25, -0.2) is 0 Å². The molecule has 2 atom stereocenters. The Balaban J connectivity index is 1.90. The van der Waals surface area contributed by atoms with Crippen molar-refractivity contribution in [3.63, 3.8) is 0 Å². The Morgan fingerprint density at radius 1 is 1.21 bits per heavy atom. The van der Waals surface area contributed by atoms with E-state index in [9.17, 15) is 0 Å². The zero-order chi connectivity index (χ0) is 9.97. The Kier molecular flexibility index (Phi) is 3.45. The van der Waals surface area contributed by atoms with Gasteiger partial charge in [0.1, 0.15) is 0 Å². The fraction of sp³-hybridized carbons (Fsp3) is 1.00. The van der Waals surface area contributed by atoms with Crippen molar-refractivity contribution in [1.82, 2.24) is 4.90 Å². The van der Waals surface area contributed by atoms with Gasteiger partial charge in [0.2, 0.25) is 0 Å². The molecular weight excluding hydrogens is 172 g/mol. The van der Waals surface area contributed by atoms with Crippen molar-refractivity contribution in [1.29, 1.82) is 0 Å². The first-order chi connectivity index (χ1) is 6.83. The number of hydrogen-bond acceptors (Lipinski definition) is 2. The minimum atomic E-state index is 0.694. The smallest absolute Gasteiger partial charge is 0.0249 e. The number of rotatable bonds is 3. The highest BCUT2D eigenvalue weighted by atomic mass is 15.2. The molecule has 0 aromatic rings. The van der Waals surface area contributed by atoms with Crippen molar-refractivity contribution in [3.05, 3.63) is 0 Å². The molecule has 14 heavy (non-hydrogen) atoms. The molecule has 0 bridgehead atoms. The summed E-state index contributed by atoms with van der Waals surface area (Å²) in [6.45, 7) is 4.50. The molecule has 1 aliphatic carbocycles. The normalized spacial score (nSPS) is 32.6. The third-order valence-electron chi connectivity index (χ3n) is 4.23. The molecule has 1 saturated carbocycles. The van der Waals surface area contributed by atoms with Crippen LogP contribution in [0.4, 0.5) is 0 Å². The van der Waals surface area contributed by atoms with Crippen molar-refractivity contribution in [3.8, 4) is 0 Å². The molecule has 1 heterocycles. The van der Waals surface area contributed by atoms with Crippen LogP contribution in [-0.2, 0) is 0 Å². The highest BCUT2D eigenvalue weighted by Gasteiger charge is 2.34. The Labute approximate surface area is 87.8 Å². The van der Waals surface area contributed by atoms with E-state index in [1.807, 2.05) is 0 Å². The molecule has 2 unspecified atom stereocenters. The molecule has 1 aliphatic heterocycles. The SMILES string of the molecule is CC1CCN1C(CN)C1CCCCC1. The van der Waals surface area contributed by atoms with Gasteiger partial charge < -0.3 is 5.73 Å². The number of likely N-dealkylation sites (tertiary alicyclic amines) is 1. The molecule has 0 radical (unpaired) electrons. The topological polar surface area (TPSA) is 29.3 Å². The van der Waals surface area contributed by atoms with Crippen molar-refractivity contribution < 1.29 is 0 Å².